The molecule has 0 spiro atoms. The largest absolute Gasteiger partial charge is 0.497 e. The van der Waals surface area contributed by atoms with E-state index < -0.39 is 23.1 Å². The number of nitrogens with zero attached hydrogens (tertiary/aromatic N) is 1. The van der Waals surface area contributed by atoms with Crippen LogP contribution in [0.2, 0.25) is 0 Å². The SMILES string of the molecule is COc1ccc(Oc2c(C(F)(F)F)oc3c4c(ccc3c2=O)OCN(Cc2ccc(OC)c(OC)c2)C4)cc1. The van der Waals surface area contributed by atoms with Gasteiger partial charge in [-0.15, -0.1) is 0 Å². The van der Waals surface area contributed by atoms with Crippen LogP contribution in [0.4, 0.5) is 13.2 Å². The van der Waals surface area contributed by atoms with E-state index in [0.29, 0.717) is 35.1 Å². The third-order valence-corrected chi connectivity index (χ3v) is 6.25. The Morgan fingerprint density at radius 2 is 1.62 bits per heavy atom. The zero-order chi connectivity index (χ0) is 27.7. The summed E-state index contributed by atoms with van der Waals surface area (Å²) < 4.78 is 74.6. The minimum atomic E-state index is -4.99. The Morgan fingerprint density at radius 3 is 2.28 bits per heavy atom. The Morgan fingerprint density at radius 1 is 0.897 bits per heavy atom. The second-order valence-corrected chi connectivity index (χ2v) is 8.73. The van der Waals surface area contributed by atoms with E-state index in [1.807, 2.05) is 17.0 Å². The standard InChI is InChI=1S/C28H24F3NO7/c1-34-17-5-7-18(8-6-17)38-26-24(33)19-9-11-21-20(25(19)39-27(26)28(29,30)31)14-32(15-37-21)13-16-4-10-22(35-2)23(12-16)36-3/h4-12H,13-15H2,1-3H3. The van der Waals surface area contributed by atoms with Crippen molar-refractivity contribution < 1.29 is 41.3 Å². The average Bonchev–Trinajstić information content (AvgIpc) is 2.93. The van der Waals surface area contributed by atoms with Gasteiger partial charge in [-0.25, -0.2) is 0 Å². The molecule has 8 nitrogen and oxygen atoms in total. The van der Waals surface area contributed by atoms with Crippen LogP contribution in [0.25, 0.3) is 11.0 Å². The summed E-state index contributed by atoms with van der Waals surface area (Å²) >= 11 is 0. The predicted octanol–water partition coefficient (Wildman–Crippen LogP) is 5.98. The molecule has 0 saturated heterocycles. The van der Waals surface area contributed by atoms with Crippen molar-refractivity contribution in [3.05, 3.63) is 81.7 Å². The molecule has 3 aromatic carbocycles. The molecule has 1 aromatic heterocycles. The molecular formula is C28H24F3NO7. The minimum Gasteiger partial charge on any atom is -0.497 e. The number of fused-ring (bicyclic) bond motifs is 3. The van der Waals surface area contributed by atoms with Crippen molar-refractivity contribution in [3.63, 3.8) is 0 Å². The Kier molecular flexibility index (Phi) is 7.00. The van der Waals surface area contributed by atoms with Crippen LogP contribution in [0.15, 0.2) is 63.8 Å². The fourth-order valence-corrected chi connectivity index (χ4v) is 4.37. The van der Waals surface area contributed by atoms with Crippen LogP contribution in [0.5, 0.6) is 34.5 Å². The lowest BCUT2D eigenvalue weighted by atomic mass is 10.1. The van der Waals surface area contributed by atoms with Crippen LogP contribution in [0.3, 0.4) is 0 Å². The van der Waals surface area contributed by atoms with Crippen molar-refractivity contribution in [3.8, 4) is 34.5 Å². The number of rotatable bonds is 7. The van der Waals surface area contributed by atoms with Crippen molar-refractivity contribution in [2.45, 2.75) is 19.3 Å². The topological polar surface area (TPSA) is 79.6 Å². The zero-order valence-electron chi connectivity index (χ0n) is 21.3. The molecule has 0 aliphatic carbocycles. The molecule has 1 aliphatic rings. The fourth-order valence-electron chi connectivity index (χ4n) is 4.37. The van der Waals surface area contributed by atoms with Gasteiger partial charge in [-0.05, 0) is 54.1 Å². The van der Waals surface area contributed by atoms with Crippen molar-refractivity contribution in [1.29, 1.82) is 0 Å². The van der Waals surface area contributed by atoms with Crippen molar-refractivity contribution in [2.24, 2.45) is 0 Å². The zero-order valence-corrected chi connectivity index (χ0v) is 21.3. The number of ether oxygens (including phenoxy) is 5. The number of methoxy groups -OCH3 is 3. The monoisotopic (exact) mass is 543 g/mol. The predicted molar refractivity (Wildman–Crippen MR) is 135 cm³/mol. The first-order valence-electron chi connectivity index (χ1n) is 11.8. The summed E-state index contributed by atoms with van der Waals surface area (Å²) in [6.45, 7) is 0.757. The first kappa shape index (κ1) is 26.2. The summed E-state index contributed by atoms with van der Waals surface area (Å²) in [5, 5.41) is -0.0539. The maximum Gasteiger partial charge on any atom is 0.453 e. The van der Waals surface area contributed by atoms with Gasteiger partial charge in [0.15, 0.2) is 11.5 Å². The molecule has 0 radical (unpaired) electrons. The maximum atomic E-state index is 14.1. The normalized spacial score (nSPS) is 13.5. The lowest BCUT2D eigenvalue weighted by Crippen LogP contribution is -2.32. The molecule has 39 heavy (non-hydrogen) atoms. The Bertz CT molecular complexity index is 1570. The minimum absolute atomic E-state index is 0.0235. The van der Waals surface area contributed by atoms with E-state index in [0.717, 1.165) is 5.56 Å². The summed E-state index contributed by atoms with van der Waals surface area (Å²) in [5.41, 5.74) is 0.0495. The highest BCUT2D eigenvalue weighted by Gasteiger charge is 2.41. The van der Waals surface area contributed by atoms with Crippen molar-refractivity contribution >= 4 is 11.0 Å². The van der Waals surface area contributed by atoms with Gasteiger partial charge in [0.05, 0.1) is 32.3 Å². The Hall–Kier alpha value is -4.38. The van der Waals surface area contributed by atoms with E-state index >= 15 is 0 Å². The highest BCUT2D eigenvalue weighted by Crippen LogP contribution is 2.41. The summed E-state index contributed by atoms with van der Waals surface area (Å²) in [4.78, 5) is 15.2. The molecular weight excluding hydrogens is 519 g/mol. The molecule has 0 saturated carbocycles. The fraction of sp³-hybridized carbons (Fsp3) is 0.250. The molecule has 0 fully saturated rings. The summed E-state index contributed by atoms with van der Waals surface area (Å²) in [6, 6.07) is 14.2. The Balaban J connectivity index is 1.53. The van der Waals surface area contributed by atoms with Gasteiger partial charge >= 0.3 is 6.18 Å². The molecule has 1 aliphatic heterocycles. The lowest BCUT2D eigenvalue weighted by molar-refractivity contribution is -0.154. The van der Waals surface area contributed by atoms with Gasteiger partial charge in [0, 0.05) is 13.1 Å². The van der Waals surface area contributed by atoms with Crippen LogP contribution in [-0.4, -0.2) is 33.0 Å². The van der Waals surface area contributed by atoms with Gasteiger partial charge in [-0.1, -0.05) is 6.07 Å². The molecule has 0 bridgehead atoms. The molecule has 5 rings (SSSR count). The van der Waals surface area contributed by atoms with Crippen LogP contribution < -0.4 is 29.1 Å². The molecule has 2 heterocycles. The van der Waals surface area contributed by atoms with Gasteiger partial charge in [0.2, 0.25) is 11.2 Å². The summed E-state index contributed by atoms with van der Waals surface area (Å²) in [5.74, 6) is -0.513. The molecule has 0 atom stereocenters. The first-order chi connectivity index (χ1) is 18.7. The highest BCUT2D eigenvalue weighted by molar-refractivity contribution is 5.84. The molecule has 11 heteroatoms. The lowest BCUT2D eigenvalue weighted by Gasteiger charge is -2.29. The first-order valence-corrected chi connectivity index (χ1v) is 11.8. The third kappa shape index (κ3) is 5.17. The number of alkyl halides is 3. The van der Waals surface area contributed by atoms with E-state index in [1.54, 1.807) is 12.1 Å². The van der Waals surface area contributed by atoms with Crippen LogP contribution in [0.1, 0.15) is 16.9 Å². The quantitative estimate of drug-likeness (QED) is 0.282. The summed E-state index contributed by atoms with van der Waals surface area (Å²) in [6.07, 6.45) is -4.99. The molecule has 0 amide bonds. The number of halogens is 3. The van der Waals surface area contributed by atoms with Gasteiger partial charge in [-0.2, -0.15) is 13.2 Å². The van der Waals surface area contributed by atoms with E-state index in [2.05, 4.69) is 0 Å². The second kappa shape index (κ2) is 10.4. The van der Waals surface area contributed by atoms with Crippen molar-refractivity contribution in [2.75, 3.05) is 28.1 Å². The van der Waals surface area contributed by atoms with E-state index in [9.17, 15) is 18.0 Å². The third-order valence-electron chi connectivity index (χ3n) is 6.25. The maximum absolute atomic E-state index is 14.1. The smallest absolute Gasteiger partial charge is 0.453 e. The van der Waals surface area contributed by atoms with Gasteiger partial charge in [-0.3, -0.25) is 9.69 Å². The van der Waals surface area contributed by atoms with Crippen LogP contribution >= 0.6 is 0 Å². The van der Waals surface area contributed by atoms with Crippen LogP contribution in [0, 0.1) is 0 Å². The molecule has 204 valence electrons. The molecule has 4 aromatic rings. The molecule has 0 N–H and O–H groups in total. The number of benzene rings is 3. The van der Waals surface area contributed by atoms with E-state index in [-0.39, 0.29) is 30.0 Å². The average molecular weight is 543 g/mol. The van der Waals surface area contributed by atoms with E-state index in [4.69, 9.17) is 28.1 Å². The van der Waals surface area contributed by atoms with Gasteiger partial charge < -0.3 is 28.1 Å². The van der Waals surface area contributed by atoms with E-state index in [1.165, 1.54) is 51.7 Å². The highest BCUT2D eigenvalue weighted by atomic mass is 19.4. The number of hydrogen-bond donors (Lipinski definition) is 0. The summed E-state index contributed by atoms with van der Waals surface area (Å²) in [7, 11) is 4.52. The van der Waals surface area contributed by atoms with Gasteiger partial charge in [0.25, 0.3) is 5.76 Å². The Labute approximate surface area is 221 Å². The molecule has 0 unspecified atom stereocenters. The van der Waals surface area contributed by atoms with Crippen LogP contribution in [-0.2, 0) is 19.3 Å². The number of hydrogen-bond acceptors (Lipinski definition) is 8. The van der Waals surface area contributed by atoms with Crippen molar-refractivity contribution in [1.82, 2.24) is 4.90 Å². The second-order valence-electron chi connectivity index (χ2n) is 8.73. The van der Waals surface area contributed by atoms with Gasteiger partial charge in [0.1, 0.15) is 29.6 Å².